The van der Waals surface area contributed by atoms with Crippen LogP contribution in [0.5, 0.6) is 5.75 Å². The first-order valence-corrected chi connectivity index (χ1v) is 15.1. The Morgan fingerprint density at radius 1 is 0.872 bits per heavy atom. The van der Waals surface area contributed by atoms with E-state index in [4.69, 9.17) is 23.2 Å². The Labute approximate surface area is 240 Å². The molecule has 0 aliphatic rings. The number of halogens is 3. The van der Waals surface area contributed by atoms with Crippen molar-refractivity contribution in [2.24, 2.45) is 0 Å². The lowest BCUT2D eigenvalue weighted by atomic mass is 10.1. The minimum absolute atomic E-state index is 0.0525. The topological polar surface area (TPSA) is 77.9 Å². The van der Waals surface area contributed by atoms with Crippen molar-refractivity contribution in [3.63, 3.8) is 0 Å². The Morgan fingerprint density at radius 2 is 1.38 bits per heavy atom. The number of carbonyl (C=O) groups is 1. The molecule has 3 aromatic rings. The molecule has 0 bridgehead atoms. The zero-order valence-electron chi connectivity index (χ0n) is 22.0. The number of amides is 1. The summed E-state index contributed by atoms with van der Waals surface area (Å²) in [4.78, 5) is 14.6. The van der Waals surface area contributed by atoms with Gasteiger partial charge in [-0.15, -0.1) is 0 Å². The van der Waals surface area contributed by atoms with Gasteiger partial charge in [0.1, 0.15) is 10.7 Å². The van der Waals surface area contributed by atoms with Crippen LogP contribution in [0.1, 0.15) is 61.0 Å². The molecule has 0 radical (unpaired) electrons. The number of unbranched alkanes of at least 4 members (excludes halogenated alkanes) is 2. The second kappa shape index (κ2) is 14.1. The smallest absolute Gasteiger partial charge is 0.253 e. The van der Waals surface area contributed by atoms with Crippen molar-refractivity contribution in [3.8, 4) is 5.75 Å². The summed E-state index contributed by atoms with van der Waals surface area (Å²) in [6.45, 7) is 5.36. The van der Waals surface area contributed by atoms with Gasteiger partial charge >= 0.3 is 0 Å². The minimum Gasteiger partial charge on any atom is -0.505 e. The summed E-state index contributed by atoms with van der Waals surface area (Å²) in [5, 5.41) is 10.3. The monoisotopic (exact) mass is 594 g/mol. The van der Waals surface area contributed by atoms with Gasteiger partial charge in [0.2, 0.25) is 10.0 Å². The molecule has 1 N–H and O–H groups in total. The Bertz CT molecular complexity index is 1360. The third-order valence-corrected chi connectivity index (χ3v) is 8.60. The van der Waals surface area contributed by atoms with Crippen LogP contribution in [0.2, 0.25) is 10.0 Å². The van der Waals surface area contributed by atoms with Crippen LogP contribution < -0.4 is 0 Å². The maximum atomic E-state index is 13.7. The van der Waals surface area contributed by atoms with Gasteiger partial charge in [-0.05, 0) is 60.4 Å². The fraction of sp³-hybridized carbons (Fsp3) is 0.345. The summed E-state index contributed by atoms with van der Waals surface area (Å²) >= 11 is 12.1. The molecule has 0 saturated heterocycles. The fourth-order valence-electron chi connectivity index (χ4n) is 4.05. The van der Waals surface area contributed by atoms with E-state index in [9.17, 15) is 22.7 Å². The van der Waals surface area contributed by atoms with Crippen LogP contribution in [0.3, 0.4) is 0 Å². The highest BCUT2D eigenvalue weighted by Crippen LogP contribution is 2.36. The molecule has 39 heavy (non-hydrogen) atoms. The van der Waals surface area contributed by atoms with Gasteiger partial charge in [0, 0.05) is 36.8 Å². The van der Waals surface area contributed by atoms with E-state index in [1.165, 1.54) is 30.3 Å². The number of nitrogens with zero attached hydrogens (tertiary/aromatic N) is 2. The summed E-state index contributed by atoms with van der Waals surface area (Å²) in [5.41, 5.74) is 1.69. The number of phenols is 1. The summed E-state index contributed by atoms with van der Waals surface area (Å²) in [5.74, 6) is -1.11. The maximum absolute atomic E-state index is 13.7. The average molecular weight is 596 g/mol. The number of hydrogen-bond donors (Lipinski definition) is 1. The summed E-state index contributed by atoms with van der Waals surface area (Å²) in [6.07, 6.45) is 3.81. The van der Waals surface area contributed by atoms with E-state index >= 15 is 0 Å². The number of aromatic hydroxyl groups is 1. The van der Waals surface area contributed by atoms with Crippen LogP contribution in [0.15, 0.2) is 65.6 Å². The van der Waals surface area contributed by atoms with Crippen molar-refractivity contribution < 1.29 is 22.7 Å². The predicted octanol–water partition coefficient (Wildman–Crippen LogP) is 7.27. The van der Waals surface area contributed by atoms with Crippen molar-refractivity contribution in [1.29, 1.82) is 0 Å². The quantitative estimate of drug-likeness (QED) is 0.226. The zero-order chi connectivity index (χ0) is 28.6. The highest BCUT2D eigenvalue weighted by Gasteiger charge is 2.29. The molecular weight excluding hydrogens is 562 g/mol. The highest BCUT2D eigenvalue weighted by molar-refractivity contribution is 7.89. The number of rotatable bonds is 13. The lowest BCUT2D eigenvalue weighted by Crippen LogP contribution is -2.33. The molecule has 1 amide bonds. The van der Waals surface area contributed by atoms with Gasteiger partial charge in [-0.3, -0.25) is 4.79 Å². The highest BCUT2D eigenvalue weighted by atomic mass is 35.5. The van der Waals surface area contributed by atoms with Crippen molar-refractivity contribution >= 4 is 39.1 Å². The maximum Gasteiger partial charge on any atom is 0.253 e. The summed E-state index contributed by atoms with van der Waals surface area (Å²) in [6, 6.07) is 14.7. The van der Waals surface area contributed by atoms with Gasteiger partial charge in [0.25, 0.3) is 5.91 Å². The first-order valence-electron chi connectivity index (χ1n) is 12.9. The zero-order valence-corrected chi connectivity index (χ0v) is 24.4. The molecule has 0 aliphatic carbocycles. The Hall–Kier alpha value is -2.65. The molecule has 0 saturated carbocycles. The van der Waals surface area contributed by atoms with Crippen LogP contribution >= 0.6 is 23.2 Å². The Balaban J connectivity index is 1.92. The lowest BCUT2D eigenvalue weighted by molar-refractivity contribution is 0.0751. The number of benzene rings is 3. The van der Waals surface area contributed by atoms with Gasteiger partial charge in [0.05, 0.1) is 5.02 Å². The number of hydrogen-bond acceptors (Lipinski definition) is 4. The molecule has 3 rings (SSSR count). The van der Waals surface area contributed by atoms with Crippen LogP contribution in [-0.2, 0) is 23.1 Å². The van der Waals surface area contributed by atoms with Gasteiger partial charge in [0.15, 0.2) is 5.75 Å². The van der Waals surface area contributed by atoms with E-state index < -0.39 is 26.5 Å². The van der Waals surface area contributed by atoms with Crippen LogP contribution in [-0.4, -0.2) is 41.7 Å². The van der Waals surface area contributed by atoms with Gasteiger partial charge in [-0.2, -0.15) is 4.31 Å². The Morgan fingerprint density at radius 3 is 1.90 bits per heavy atom. The van der Waals surface area contributed by atoms with E-state index in [-0.39, 0.29) is 29.0 Å². The lowest BCUT2D eigenvalue weighted by Gasteiger charge is -2.24. The SMILES string of the molecule is CCCCN(CCCC)C(=O)c1ccc(CN(Cc2ccc(F)cc2)S(=O)(=O)c2cc(Cl)cc(Cl)c2O)cc1. The van der Waals surface area contributed by atoms with E-state index in [0.29, 0.717) is 29.8 Å². The molecule has 0 unspecified atom stereocenters. The molecule has 6 nitrogen and oxygen atoms in total. The van der Waals surface area contributed by atoms with Crippen molar-refractivity contribution in [1.82, 2.24) is 9.21 Å². The van der Waals surface area contributed by atoms with Crippen molar-refractivity contribution in [2.75, 3.05) is 13.1 Å². The average Bonchev–Trinajstić information content (AvgIpc) is 2.91. The molecule has 210 valence electrons. The first kappa shape index (κ1) is 30.9. The summed E-state index contributed by atoms with van der Waals surface area (Å²) in [7, 11) is -4.30. The largest absolute Gasteiger partial charge is 0.505 e. The van der Waals surface area contributed by atoms with E-state index in [1.54, 1.807) is 24.3 Å². The predicted molar refractivity (Wildman–Crippen MR) is 153 cm³/mol. The minimum atomic E-state index is -4.30. The van der Waals surface area contributed by atoms with Crippen molar-refractivity contribution in [2.45, 2.75) is 57.5 Å². The molecule has 10 heteroatoms. The van der Waals surface area contributed by atoms with Crippen molar-refractivity contribution in [3.05, 3.63) is 93.2 Å². The standard InChI is InChI=1S/C29H33Cl2FN2O4S/c1-3-5-15-33(16-6-4-2)29(36)23-11-7-21(8-12-23)19-34(20-22-9-13-25(32)14-10-22)39(37,38)27-18-24(30)17-26(31)28(27)35/h7-14,17-18,35H,3-6,15-16,19-20H2,1-2H3. The molecular formula is C29H33Cl2FN2O4S. The molecule has 0 spiro atoms. The van der Waals surface area contributed by atoms with Crippen LogP contribution in [0.4, 0.5) is 4.39 Å². The second-order valence-corrected chi connectivity index (χ2v) is 12.1. The number of carbonyl (C=O) groups excluding carboxylic acids is 1. The number of phenolic OH excluding ortho intramolecular Hbond substituents is 1. The van der Waals surface area contributed by atoms with Crippen LogP contribution in [0, 0.1) is 5.82 Å². The first-order chi connectivity index (χ1) is 18.6. The fourth-order valence-corrected chi connectivity index (χ4v) is 6.21. The number of sulfonamides is 1. The third-order valence-electron chi connectivity index (χ3n) is 6.29. The molecule has 0 fully saturated rings. The Kier molecular flexibility index (Phi) is 11.2. The third kappa shape index (κ3) is 8.18. The van der Waals surface area contributed by atoms with E-state index in [2.05, 4.69) is 13.8 Å². The molecule has 0 heterocycles. The van der Waals surface area contributed by atoms with Gasteiger partial charge in [-0.1, -0.05) is 74.2 Å². The normalized spacial score (nSPS) is 11.6. The van der Waals surface area contributed by atoms with E-state index in [1.807, 2.05) is 4.90 Å². The molecule has 3 aromatic carbocycles. The molecule has 0 aromatic heterocycles. The van der Waals surface area contributed by atoms with E-state index in [0.717, 1.165) is 36.1 Å². The molecule has 0 atom stereocenters. The van der Waals surface area contributed by atoms with Gasteiger partial charge < -0.3 is 10.0 Å². The second-order valence-electron chi connectivity index (χ2n) is 9.33. The van der Waals surface area contributed by atoms with Crippen LogP contribution in [0.25, 0.3) is 0 Å². The molecule has 0 aliphatic heterocycles. The summed E-state index contributed by atoms with van der Waals surface area (Å²) < 4.78 is 42.1. The van der Waals surface area contributed by atoms with Gasteiger partial charge in [-0.25, -0.2) is 12.8 Å².